The number of rotatable bonds is 5. The third-order valence-electron chi connectivity index (χ3n) is 6.50. The van der Waals surface area contributed by atoms with Crippen LogP contribution in [0.25, 0.3) is 0 Å². The van der Waals surface area contributed by atoms with Gasteiger partial charge < -0.3 is 15.7 Å². The molecule has 4 fully saturated rings. The highest BCUT2D eigenvalue weighted by Crippen LogP contribution is 2.59. The summed E-state index contributed by atoms with van der Waals surface area (Å²) >= 11 is 0. The highest BCUT2D eigenvalue weighted by Gasteiger charge is 2.50. The number of urea groups is 1. The molecule has 4 nitrogen and oxygen atoms in total. The summed E-state index contributed by atoms with van der Waals surface area (Å²) in [4.78, 5) is 12.1. The summed E-state index contributed by atoms with van der Waals surface area (Å²) in [5, 5.41) is 15.9. The van der Waals surface area contributed by atoms with Gasteiger partial charge in [-0.2, -0.15) is 0 Å². The van der Waals surface area contributed by atoms with Gasteiger partial charge >= 0.3 is 6.03 Å². The van der Waals surface area contributed by atoms with Crippen molar-refractivity contribution in [3.8, 4) is 0 Å². The van der Waals surface area contributed by atoms with Gasteiger partial charge in [0.2, 0.25) is 0 Å². The number of carbonyl (C=O) groups excluding carboxylic acids is 1. The predicted octanol–water partition coefficient (Wildman–Crippen LogP) is 3.37. The van der Waals surface area contributed by atoms with Crippen LogP contribution in [0.15, 0.2) is 24.3 Å². The lowest BCUT2D eigenvalue weighted by Crippen LogP contribution is -2.52. The average Bonchev–Trinajstić information content (AvgIpc) is 2.57. The molecule has 1 aromatic rings. The minimum absolute atomic E-state index is 0.123. The molecule has 0 radical (unpaired) electrons. The minimum atomic E-state index is -0.828. The molecule has 4 bridgehead atoms. The maximum Gasteiger partial charge on any atom is 0.314 e. The number of aliphatic hydroxyl groups excluding tert-OH is 1. The summed E-state index contributed by atoms with van der Waals surface area (Å²) in [6.45, 7) is 0.868. The van der Waals surface area contributed by atoms with Gasteiger partial charge in [-0.25, -0.2) is 9.18 Å². The quantitative estimate of drug-likeness (QED) is 0.765. The monoisotopic (exact) mass is 346 g/mol. The lowest BCUT2D eigenvalue weighted by molar-refractivity contribution is -0.0498. The fourth-order valence-corrected chi connectivity index (χ4v) is 5.83. The molecule has 0 aromatic heterocycles. The molecular weight excluding hydrogens is 319 g/mol. The number of benzene rings is 1. The van der Waals surface area contributed by atoms with E-state index in [1.165, 1.54) is 62.8 Å². The molecule has 4 aliphatic carbocycles. The van der Waals surface area contributed by atoms with Crippen LogP contribution in [0.2, 0.25) is 0 Å². The van der Waals surface area contributed by atoms with E-state index >= 15 is 0 Å². The highest BCUT2D eigenvalue weighted by atomic mass is 19.1. The van der Waals surface area contributed by atoms with Gasteiger partial charge in [-0.15, -0.1) is 0 Å². The molecule has 5 rings (SSSR count). The lowest BCUT2D eigenvalue weighted by atomic mass is 9.49. The van der Waals surface area contributed by atoms with E-state index in [9.17, 15) is 14.3 Å². The number of amides is 2. The van der Waals surface area contributed by atoms with Gasteiger partial charge in [0.15, 0.2) is 0 Å². The molecule has 2 amide bonds. The molecular formula is C20H27FN2O2. The Morgan fingerprint density at radius 1 is 1.08 bits per heavy atom. The van der Waals surface area contributed by atoms with E-state index in [0.29, 0.717) is 11.0 Å². The summed E-state index contributed by atoms with van der Waals surface area (Å²) in [6, 6.07) is 5.47. The van der Waals surface area contributed by atoms with Gasteiger partial charge in [-0.3, -0.25) is 0 Å². The van der Waals surface area contributed by atoms with Crippen molar-refractivity contribution >= 4 is 6.03 Å². The zero-order valence-electron chi connectivity index (χ0n) is 14.5. The van der Waals surface area contributed by atoms with Crippen molar-refractivity contribution in [3.63, 3.8) is 0 Å². The van der Waals surface area contributed by atoms with Gasteiger partial charge in [-0.1, -0.05) is 12.1 Å². The Kier molecular flexibility index (Phi) is 4.44. The second kappa shape index (κ2) is 6.60. The van der Waals surface area contributed by atoms with Gasteiger partial charge in [-0.05, 0) is 79.4 Å². The van der Waals surface area contributed by atoms with Crippen molar-refractivity contribution in [1.82, 2.24) is 10.6 Å². The summed E-state index contributed by atoms with van der Waals surface area (Å²) < 4.78 is 12.9. The minimum Gasteiger partial charge on any atom is -0.387 e. The largest absolute Gasteiger partial charge is 0.387 e. The van der Waals surface area contributed by atoms with Crippen LogP contribution in [0, 0.1) is 29.0 Å². The number of hydrogen-bond donors (Lipinski definition) is 3. The molecule has 0 aliphatic heterocycles. The normalized spacial score (nSPS) is 33.9. The molecule has 25 heavy (non-hydrogen) atoms. The first-order valence-electron chi connectivity index (χ1n) is 9.47. The van der Waals surface area contributed by atoms with Crippen molar-refractivity contribution in [3.05, 3.63) is 35.6 Å². The van der Waals surface area contributed by atoms with Crippen molar-refractivity contribution in [2.45, 2.75) is 44.6 Å². The van der Waals surface area contributed by atoms with Gasteiger partial charge in [0, 0.05) is 13.1 Å². The zero-order chi connectivity index (χ0) is 17.4. The number of hydrogen-bond acceptors (Lipinski definition) is 2. The zero-order valence-corrected chi connectivity index (χ0v) is 14.5. The van der Waals surface area contributed by atoms with Crippen molar-refractivity contribution in [1.29, 1.82) is 0 Å². The van der Waals surface area contributed by atoms with Crippen molar-refractivity contribution < 1.29 is 14.3 Å². The van der Waals surface area contributed by atoms with E-state index in [1.807, 2.05) is 0 Å². The number of aliphatic hydroxyl groups is 1. The second-order valence-electron chi connectivity index (χ2n) is 8.55. The molecule has 4 aliphatic rings. The Morgan fingerprint density at radius 2 is 1.64 bits per heavy atom. The van der Waals surface area contributed by atoms with Crippen LogP contribution in [0.1, 0.15) is 50.2 Å². The third-order valence-corrected chi connectivity index (χ3v) is 6.50. The van der Waals surface area contributed by atoms with Crippen LogP contribution >= 0.6 is 0 Å². The molecule has 1 unspecified atom stereocenters. The Balaban J connectivity index is 1.25. The van der Waals surface area contributed by atoms with Crippen LogP contribution in [-0.2, 0) is 0 Å². The molecule has 0 spiro atoms. The smallest absolute Gasteiger partial charge is 0.314 e. The molecule has 0 saturated heterocycles. The van der Waals surface area contributed by atoms with E-state index in [-0.39, 0.29) is 18.4 Å². The Bertz CT molecular complexity index is 596. The summed E-state index contributed by atoms with van der Waals surface area (Å²) in [6.07, 6.45) is 7.15. The molecule has 136 valence electrons. The maximum atomic E-state index is 12.9. The van der Waals surface area contributed by atoms with E-state index in [1.54, 1.807) is 0 Å². The Morgan fingerprint density at radius 3 is 2.20 bits per heavy atom. The second-order valence-corrected chi connectivity index (χ2v) is 8.55. The molecule has 1 aromatic carbocycles. The summed E-state index contributed by atoms with van der Waals surface area (Å²) in [7, 11) is 0. The van der Waals surface area contributed by atoms with Crippen LogP contribution < -0.4 is 10.6 Å². The van der Waals surface area contributed by atoms with Gasteiger partial charge in [0.05, 0.1) is 6.10 Å². The lowest BCUT2D eigenvalue weighted by Gasteiger charge is -2.56. The summed E-state index contributed by atoms with van der Waals surface area (Å²) in [5.41, 5.74) is 0.907. The molecule has 4 saturated carbocycles. The standard InChI is InChI=1S/C20H27FN2O2/c21-17-3-1-16(2-4-17)18(24)11-22-19(25)23-12-20-8-13-5-14(9-20)7-15(6-13)10-20/h1-4,13-15,18,24H,5-12H2,(H2,22,23,25). The van der Waals surface area contributed by atoms with Crippen LogP contribution in [0.4, 0.5) is 9.18 Å². The number of halogens is 1. The topological polar surface area (TPSA) is 61.4 Å². The Hall–Kier alpha value is -1.62. The first kappa shape index (κ1) is 16.8. The van der Waals surface area contributed by atoms with Crippen LogP contribution in [0.5, 0.6) is 0 Å². The maximum absolute atomic E-state index is 12.9. The Labute approximate surface area is 148 Å². The van der Waals surface area contributed by atoms with Crippen molar-refractivity contribution in [2.24, 2.45) is 23.2 Å². The first-order valence-corrected chi connectivity index (χ1v) is 9.47. The fourth-order valence-electron chi connectivity index (χ4n) is 5.83. The van der Waals surface area contributed by atoms with Gasteiger partial charge in [0.1, 0.15) is 5.82 Å². The predicted molar refractivity (Wildman–Crippen MR) is 93.4 cm³/mol. The molecule has 3 N–H and O–H groups in total. The van der Waals surface area contributed by atoms with Crippen LogP contribution in [0.3, 0.4) is 0 Å². The molecule has 1 atom stereocenters. The van der Waals surface area contributed by atoms with Gasteiger partial charge in [0.25, 0.3) is 0 Å². The van der Waals surface area contributed by atoms with Crippen molar-refractivity contribution in [2.75, 3.05) is 13.1 Å². The number of carbonyl (C=O) groups is 1. The van der Waals surface area contributed by atoms with Crippen LogP contribution in [-0.4, -0.2) is 24.2 Å². The van der Waals surface area contributed by atoms with E-state index in [0.717, 1.165) is 24.3 Å². The average molecular weight is 346 g/mol. The molecule has 0 heterocycles. The fraction of sp³-hybridized carbons (Fsp3) is 0.650. The first-order chi connectivity index (χ1) is 12.0. The summed E-state index contributed by atoms with van der Waals surface area (Å²) in [5.74, 6) is 2.28. The molecule has 5 heteroatoms. The third kappa shape index (κ3) is 3.66. The SMILES string of the molecule is O=C(NCC(O)c1ccc(F)cc1)NCC12CC3CC(CC(C3)C1)C2. The highest BCUT2D eigenvalue weighted by molar-refractivity contribution is 5.73. The van der Waals surface area contributed by atoms with E-state index < -0.39 is 6.10 Å². The van der Waals surface area contributed by atoms with E-state index in [2.05, 4.69) is 10.6 Å². The number of nitrogens with one attached hydrogen (secondary N) is 2. The van der Waals surface area contributed by atoms with E-state index in [4.69, 9.17) is 0 Å².